The molecule has 1 aromatic carbocycles. The van der Waals surface area contributed by atoms with Crippen molar-refractivity contribution in [3.05, 3.63) is 53.0 Å². The smallest absolute Gasteiger partial charge is 0.274 e. The molecule has 0 spiro atoms. The lowest BCUT2D eigenvalue weighted by atomic mass is 10.2. The molecule has 2 rings (SSSR count). The molecule has 2 aromatic rings. The molecule has 0 bridgehead atoms. The highest BCUT2D eigenvalue weighted by molar-refractivity contribution is 5.95. The number of aliphatic carboxylic acids is 1. The van der Waals surface area contributed by atoms with Gasteiger partial charge < -0.3 is 19.1 Å². The van der Waals surface area contributed by atoms with Crippen molar-refractivity contribution < 1.29 is 23.8 Å². The Balaban J connectivity index is 1.91. The van der Waals surface area contributed by atoms with Crippen LogP contribution in [0.15, 0.2) is 39.9 Å². The van der Waals surface area contributed by atoms with E-state index in [1.165, 1.54) is 6.21 Å². The molecule has 0 atom stereocenters. The van der Waals surface area contributed by atoms with Gasteiger partial charge in [0.2, 0.25) is 0 Å². The Labute approximate surface area is 132 Å². The Hall–Kier alpha value is -3.09. The van der Waals surface area contributed by atoms with Crippen LogP contribution < -0.4 is 15.3 Å². The van der Waals surface area contributed by atoms with E-state index in [2.05, 4.69) is 10.5 Å². The molecule has 7 nitrogen and oxygen atoms in total. The van der Waals surface area contributed by atoms with Gasteiger partial charge in [-0.05, 0) is 49.7 Å². The molecular weight excluding hydrogens is 300 g/mol. The van der Waals surface area contributed by atoms with Crippen molar-refractivity contribution in [3.63, 3.8) is 0 Å². The Kier molecular flexibility index (Phi) is 5.14. The molecule has 0 unspecified atom stereocenters. The Morgan fingerprint density at radius 3 is 2.57 bits per heavy atom. The van der Waals surface area contributed by atoms with Gasteiger partial charge in [-0.3, -0.25) is 4.79 Å². The number of carbonyl (C=O) groups excluding carboxylic acids is 2. The van der Waals surface area contributed by atoms with E-state index in [1.807, 2.05) is 0 Å². The molecule has 1 amide bonds. The van der Waals surface area contributed by atoms with Crippen molar-refractivity contribution in [1.82, 2.24) is 5.43 Å². The standard InChI is InChI=1S/C16H16N2O5/c1-10-7-14(11(2)23-10)16(21)18-17-8-12-3-5-13(6-4-12)22-9-15(19)20/h3-8H,9H2,1-2H3,(H,18,21)(H,19,20)/p-1/b17-8-. The van der Waals surface area contributed by atoms with Crippen LogP contribution in [-0.2, 0) is 4.79 Å². The van der Waals surface area contributed by atoms with Gasteiger partial charge in [-0.2, -0.15) is 5.10 Å². The fourth-order valence-corrected chi connectivity index (χ4v) is 1.87. The highest BCUT2D eigenvalue weighted by Crippen LogP contribution is 2.13. The van der Waals surface area contributed by atoms with E-state index in [1.54, 1.807) is 44.2 Å². The third-order valence-corrected chi connectivity index (χ3v) is 2.90. The van der Waals surface area contributed by atoms with E-state index in [0.29, 0.717) is 28.4 Å². The summed E-state index contributed by atoms with van der Waals surface area (Å²) in [6, 6.07) is 8.18. The largest absolute Gasteiger partial charge is 0.546 e. The normalized spacial score (nSPS) is 10.7. The van der Waals surface area contributed by atoms with Crippen LogP contribution in [0.5, 0.6) is 5.75 Å². The zero-order valence-corrected chi connectivity index (χ0v) is 12.7. The number of amides is 1. The summed E-state index contributed by atoms with van der Waals surface area (Å²) in [5.74, 6) is -0.0547. The molecule has 0 fully saturated rings. The molecule has 23 heavy (non-hydrogen) atoms. The summed E-state index contributed by atoms with van der Waals surface area (Å²) in [5, 5.41) is 14.1. The fraction of sp³-hybridized carbons (Fsp3) is 0.188. The Morgan fingerprint density at radius 1 is 1.30 bits per heavy atom. The molecular formula is C16H15N2O5-. The molecule has 0 aliphatic rings. The minimum Gasteiger partial charge on any atom is -0.546 e. The molecule has 0 aliphatic heterocycles. The highest BCUT2D eigenvalue weighted by Gasteiger charge is 2.12. The van der Waals surface area contributed by atoms with E-state index in [0.717, 1.165) is 0 Å². The van der Waals surface area contributed by atoms with Crippen LogP contribution in [-0.4, -0.2) is 24.7 Å². The van der Waals surface area contributed by atoms with Crippen LogP contribution in [0, 0.1) is 13.8 Å². The molecule has 0 aliphatic carbocycles. The van der Waals surface area contributed by atoms with Crippen molar-refractivity contribution >= 4 is 18.1 Å². The summed E-state index contributed by atoms with van der Waals surface area (Å²) in [7, 11) is 0. The highest BCUT2D eigenvalue weighted by atomic mass is 16.5. The summed E-state index contributed by atoms with van der Waals surface area (Å²) in [5.41, 5.74) is 3.56. The van der Waals surface area contributed by atoms with Crippen molar-refractivity contribution in [2.24, 2.45) is 5.10 Å². The second kappa shape index (κ2) is 7.26. The number of carboxylic acid groups (broad SMARTS) is 1. The number of carbonyl (C=O) groups is 2. The third-order valence-electron chi connectivity index (χ3n) is 2.90. The molecule has 0 saturated carbocycles. The summed E-state index contributed by atoms with van der Waals surface area (Å²) in [4.78, 5) is 22.2. The van der Waals surface area contributed by atoms with Crippen LogP contribution >= 0.6 is 0 Å². The van der Waals surface area contributed by atoms with Gasteiger partial charge in [0.05, 0.1) is 17.7 Å². The van der Waals surface area contributed by atoms with Crippen molar-refractivity contribution in [2.45, 2.75) is 13.8 Å². The first-order chi connectivity index (χ1) is 11.0. The maximum absolute atomic E-state index is 11.9. The molecule has 1 N–H and O–H groups in total. The summed E-state index contributed by atoms with van der Waals surface area (Å²) >= 11 is 0. The predicted molar refractivity (Wildman–Crippen MR) is 80.2 cm³/mol. The topological polar surface area (TPSA) is 104 Å². The molecule has 7 heteroatoms. The van der Waals surface area contributed by atoms with E-state index in [-0.39, 0.29) is 5.91 Å². The molecule has 120 valence electrons. The lowest BCUT2D eigenvalue weighted by Gasteiger charge is -2.06. The number of hydrogen-bond donors (Lipinski definition) is 1. The Morgan fingerprint density at radius 2 is 2.00 bits per heavy atom. The van der Waals surface area contributed by atoms with Crippen LogP contribution in [0.2, 0.25) is 0 Å². The van der Waals surface area contributed by atoms with Crippen LogP contribution in [0.3, 0.4) is 0 Å². The zero-order chi connectivity index (χ0) is 16.8. The number of rotatable bonds is 6. The summed E-state index contributed by atoms with van der Waals surface area (Å²) in [6.07, 6.45) is 1.46. The maximum atomic E-state index is 11.9. The number of nitrogens with one attached hydrogen (secondary N) is 1. The van der Waals surface area contributed by atoms with Gasteiger partial charge in [-0.15, -0.1) is 0 Å². The lowest BCUT2D eigenvalue weighted by Crippen LogP contribution is -2.28. The minimum atomic E-state index is -1.29. The molecule has 0 saturated heterocycles. The zero-order valence-electron chi connectivity index (χ0n) is 12.7. The van der Waals surface area contributed by atoms with Gasteiger partial charge in [0.15, 0.2) is 0 Å². The van der Waals surface area contributed by atoms with Crippen LogP contribution in [0.1, 0.15) is 27.4 Å². The molecule has 1 heterocycles. The van der Waals surface area contributed by atoms with E-state index in [4.69, 9.17) is 9.15 Å². The second-order valence-electron chi connectivity index (χ2n) is 4.76. The van der Waals surface area contributed by atoms with Crippen LogP contribution in [0.4, 0.5) is 0 Å². The van der Waals surface area contributed by atoms with Gasteiger partial charge in [-0.1, -0.05) is 0 Å². The number of ether oxygens (including phenoxy) is 1. The van der Waals surface area contributed by atoms with Gasteiger partial charge >= 0.3 is 0 Å². The first kappa shape index (κ1) is 16.3. The summed E-state index contributed by atoms with van der Waals surface area (Å²) in [6.45, 7) is 2.96. The Bertz CT molecular complexity index is 731. The van der Waals surface area contributed by atoms with Gasteiger partial charge in [0, 0.05) is 0 Å². The number of nitrogens with zero attached hydrogens (tertiary/aromatic N) is 1. The monoisotopic (exact) mass is 315 g/mol. The second-order valence-corrected chi connectivity index (χ2v) is 4.76. The van der Waals surface area contributed by atoms with E-state index in [9.17, 15) is 14.7 Å². The first-order valence-corrected chi connectivity index (χ1v) is 6.79. The quantitative estimate of drug-likeness (QED) is 0.627. The van der Waals surface area contributed by atoms with E-state index >= 15 is 0 Å². The molecule has 0 radical (unpaired) electrons. The van der Waals surface area contributed by atoms with Crippen molar-refractivity contribution in [1.29, 1.82) is 0 Å². The third kappa shape index (κ3) is 4.70. The number of benzene rings is 1. The van der Waals surface area contributed by atoms with Gasteiger partial charge in [0.25, 0.3) is 5.91 Å². The van der Waals surface area contributed by atoms with Gasteiger partial charge in [-0.25, -0.2) is 5.43 Å². The minimum absolute atomic E-state index is 0.357. The lowest BCUT2D eigenvalue weighted by molar-refractivity contribution is -0.307. The number of hydrogen-bond acceptors (Lipinski definition) is 6. The van der Waals surface area contributed by atoms with Crippen molar-refractivity contribution in [3.8, 4) is 5.75 Å². The predicted octanol–water partition coefficient (Wildman–Crippen LogP) is 0.789. The number of hydrazone groups is 1. The number of furan rings is 1. The van der Waals surface area contributed by atoms with Crippen molar-refractivity contribution in [2.75, 3.05) is 6.61 Å². The summed E-state index contributed by atoms with van der Waals surface area (Å²) < 4.78 is 10.2. The SMILES string of the molecule is Cc1cc(C(=O)N/N=C\c2ccc(OCC(=O)[O-])cc2)c(C)o1. The maximum Gasteiger partial charge on any atom is 0.274 e. The number of aryl methyl sites for hydroxylation is 2. The van der Waals surface area contributed by atoms with Gasteiger partial charge in [0.1, 0.15) is 23.9 Å². The van der Waals surface area contributed by atoms with Crippen LogP contribution in [0.25, 0.3) is 0 Å². The first-order valence-electron chi connectivity index (χ1n) is 6.79. The average Bonchev–Trinajstić information content (AvgIpc) is 2.85. The fourth-order valence-electron chi connectivity index (χ4n) is 1.87. The van der Waals surface area contributed by atoms with E-state index < -0.39 is 12.6 Å². The number of carboxylic acids is 1. The molecule has 1 aromatic heterocycles. The average molecular weight is 315 g/mol.